The molecule has 0 aromatic carbocycles. The van der Waals surface area contributed by atoms with Gasteiger partial charge in [0.15, 0.2) is 0 Å². The van der Waals surface area contributed by atoms with Crippen molar-refractivity contribution in [1.82, 2.24) is 20.1 Å². The summed E-state index contributed by atoms with van der Waals surface area (Å²) in [5.41, 5.74) is 0.440. The van der Waals surface area contributed by atoms with Crippen LogP contribution in [-0.4, -0.2) is 73.2 Å². The van der Waals surface area contributed by atoms with Gasteiger partial charge in [-0.15, -0.1) is 0 Å². The van der Waals surface area contributed by atoms with Crippen molar-refractivity contribution in [1.29, 1.82) is 0 Å². The second-order valence-corrected chi connectivity index (χ2v) is 4.72. The van der Waals surface area contributed by atoms with E-state index in [1.165, 1.54) is 0 Å². The third-order valence-corrected chi connectivity index (χ3v) is 3.32. The third kappa shape index (κ3) is 4.16. The number of aromatic nitrogens is 1. The van der Waals surface area contributed by atoms with E-state index in [4.69, 9.17) is 4.74 Å². The van der Waals surface area contributed by atoms with Gasteiger partial charge in [-0.2, -0.15) is 0 Å². The zero-order chi connectivity index (χ0) is 15.1. The smallest absolute Gasteiger partial charge is 0.317 e. The number of piperazine rings is 1. The van der Waals surface area contributed by atoms with E-state index in [1.807, 2.05) is 0 Å². The van der Waals surface area contributed by atoms with Gasteiger partial charge in [0.1, 0.15) is 5.69 Å². The number of pyridine rings is 1. The lowest BCUT2D eigenvalue weighted by Crippen LogP contribution is -2.53. The molecule has 7 heteroatoms. The molecule has 1 fully saturated rings. The number of hydrogen-bond acceptors (Lipinski definition) is 4. The number of carbonyl (C=O) groups excluding carboxylic acids is 2. The largest absolute Gasteiger partial charge is 0.383 e. The minimum absolute atomic E-state index is 0.0879. The molecule has 0 saturated carbocycles. The highest BCUT2D eigenvalue weighted by Gasteiger charge is 2.25. The van der Waals surface area contributed by atoms with Crippen molar-refractivity contribution in [3.05, 3.63) is 30.1 Å². The van der Waals surface area contributed by atoms with E-state index in [1.54, 1.807) is 41.3 Å². The Morgan fingerprint density at radius 3 is 2.57 bits per heavy atom. The molecule has 0 aliphatic carbocycles. The summed E-state index contributed by atoms with van der Waals surface area (Å²) in [5, 5.41) is 2.78. The molecule has 0 bridgehead atoms. The Labute approximate surface area is 123 Å². The number of rotatable bonds is 4. The first-order valence-corrected chi connectivity index (χ1v) is 6.94. The van der Waals surface area contributed by atoms with Crippen LogP contribution in [0, 0.1) is 0 Å². The second-order valence-electron chi connectivity index (χ2n) is 4.72. The number of amides is 3. The van der Waals surface area contributed by atoms with E-state index >= 15 is 0 Å². The summed E-state index contributed by atoms with van der Waals surface area (Å²) in [6.07, 6.45) is 1.60. The van der Waals surface area contributed by atoms with E-state index in [2.05, 4.69) is 10.3 Å². The van der Waals surface area contributed by atoms with Crippen LogP contribution in [0.5, 0.6) is 0 Å². The molecule has 0 spiro atoms. The fourth-order valence-corrected chi connectivity index (χ4v) is 2.14. The Balaban J connectivity index is 1.80. The van der Waals surface area contributed by atoms with Crippen LogP contribution in [0.1, 0.15) is 10.5 Å². The molecule has 1 N–H and O–H groups in total. The van der Waals surface area contributed by atoms with Gasteiger partial charge in [0, 0.05) is 46.0 Å². The summed E-state index contributed by atoms with van der Waals surface area (Å²) < 4.78 is 4.88. The van der Waals surface area contributed by atoms with Crippen LogP contribution < -0.4 is 5.32 Å². The third-order valence-electron chi connectivity index (χ3n) is 3.32. The second kappa shape index (κ2) is 7.58. The lowest BCUT2D eigenvalue weighted by Gasteiger charge is -2.34. The minimum Gasteiger partial charge on any atom is -0.383 e. The van der Waals surface area contributed by atoms with E-state index in [0.29, 0.717) is 45.0 Å². The average molecular weight is 292 g/mol. The number of nitrogens with one attached hydrogen (secondary N) is 1. The van der Waals surface area contributed by atoms with Crippen molar-refractivity contribution >= 4 is 11.9 Å². The van der Waals surface area contributed by atoms with Gasteiger partial charge >= 0.3 is 6.03 Å². The van der Waals surface area contributed by atoms with Gasteiger partial charge in [0.05, 0.1) is 6.61 Å². The maximum absolute atomic E-state index is 12.2. The van der Waals surface area contributed by atoms with Crippen LogP contribution >= 0.6 is 0 Å². The normalized spacial score (nSPS) is 14.9. The Bertz CT molecular complexity index is 472. The lowest BCUT2D eigenvalue weighted by atomic mass is 10.2. The van der Waals surface area contributed by atoms with Crippen LogP contribution in [-0.2, 0) is 4.74 Å². The molecule has 114 valence electrons. The molecule has 1 aromatic rings. The molecule has 21 heavy (non-hydrogen) atoms. The molecule has 2 rings (SSSR count). The fourth-order valence-electron chi connectivity index (χ4n) is 2.14. The van der Waals surface area contributed by atoms with Crippen LogP contribution in [0.2, 0.25) is 0 Å². The van der Waals surface area contributed by atoms with Crippen molar-refractivity contribution < 1.29 is 14.3 Å². The van der Waals surface area contributed by atoms with Gasteiger partial charge in [-0.25, -0.2) is 4.79 Å². The summed E-state index contributed by atoms with van der Waals surface area (Å²) in [7, 11) is 1.59. The summed E-state index contributed by atoms with van der Waals surface area (Å²) in [5.74, 6) is -0.0879. The Kier molecular flexibility index (Phi) is 5.51. The number of hydrogen-bond donors (Lipinski definition) is 1. The highest BCUT2D eigenvalue weighted by atomic mass is 16.5. The molecule has 1 aliphatic rings. The van der Waals surface area contributed by atoms with Gasteiger partial charge in [-0.1, -0.05) is 6.07 Å². The standard InChI is InChI=1S/C14H20N4O3/c1-21-11-6-16-14(20)18-9-7-17(8-10-18)13(19)12-4-2-3-5-15-12/h2-5H,6-11H2,1H3,(H,16,20). The molecule has 0 unspecified atom stereocenters. The van der Waals surface area contributed by atoms with E-state index < -0.39 is 0 Å². The monoisotopic (exact) mass is 292 g/mol. The van der Waals surface area contributed by atoms with Crippen molar-refractivity contribution in [2.45, 2.75) is 0 Å². The van der Waals surface area contributed by atoms with Gasteiger partial charge in [0.25, 0.3) is 5.91 Å². The summed E-state index contributed by atoms with van der Waals surface area (Å²) in [4.78, 5) is 31.6. The zero-order valence-corrected chi connectivity index (χ0v) is 12.1. The number of carbonyl (C=O) groups is 2. The van der Waals surface area contributed by atoms with Crippen molar-refractivity contribution in [3.63, 3.8) is 0 Å². The minimum atomic E-state index is -0.114. The number of ether oxygens (including phenoxy) is 1. The first kappa shape index (κ1) is 15.2. The van der Waals surface area contributed by atoms with E-state index in [9.17, 15) is 9.59 Å². The first-order valence-electron chi connectivity index (χ1n) is 6.94. The molecule has 0 atom stereocenters. The lowest BCUT2D eigenvalue weighted by molar-refractivity contribution is 0.0658. The van der Waals surface area contributed by atoms with Crippen LogP contribution in [0.4, 0.5) is 4.79 Å². The summed E-state index contributed by atoms with van der Waals surface area (Å²) >= 11 is 0. The van der Waals surface area contributed by atoms with Crippen molar-refractivity contribution in [2.75, 3.05) is 46.4 Å². The predicted molar refractivity (Wildman–Crippen MR) is 77.0 cm³/mol. The molecule has 7 nitrogen and oxygen atoms in total. The van der Waals surface area contributed by atoms with Crippen molar-refractivity contribution in [2.24, 2.45) is 0 Å². The van der Waals surface area contributed by atoms with Crippen LogP contribution in [0.15, 0.2) is 24.4 Å². The van der Waals surface area contributed by atoms with E-state index in [0.717, 1.165) is 0 Å². The van der Waals surface area contributed by atoms with E-state index in [-0.39, 0.29) is 11.9 Å². The van der Waals surface area contributed by atoms with Gasteiger partial charge in [-0.05, 0) is 12.1 Å². The number of nitrogens with zero attached hydrogens (tertiary/aromatic N) is 3. The Morgan fingerprint density at radius 2 is 1.95 bits per heavy atom. The maximum atomic E-state index is 12.2. The predicted octanol–water partition coefficient (Wildman–Crippen LogP) is 0.195. The molecule has 1 aromatic heterocycles. The topological polar surface area (TPSA) is 74.8 Å². The molecular formula is C14H20N4O3. The fraction of sp³-hybridized carbons (Fsp3) is 0.500. The SMILES string of the molecule is COCCNC(=O)N1CCN(C(=O)c2ccccn2)CC1. The average Bonchev–Trinajstić information content (AvgIpc) is 2.55. The van der Waals surface area contributed by atoms with Gasteiger partial charge in [0.2, 0.25) is 0 Å². The van der Waals surface area contributed by atoms with Crippen LogP contribution in [0.3, 0.4) is 0 Å². The molecular weight excluding hydrogens is 272 g/mol. The number of methoxy groups -OCH3 is 1. The highest BCUT2D eigenvalue weighted by molar-refractivity contribution is 5.92. The Morgan fingerprint density at radius 1 is 1.24 bits per heavy atom. The molecule has 1 aliphatic heterocycles. The number of urea groups is 1. The molecule has 1 saturated heterocycles. The maximum Gasteiger partial charge on any atom is 0.317 e. The van der Waals surface area contributed by atoms with Crippen molar-refractivity contribution in [3.8, 4) is 0 Å². The molecule has 2 heterocycles. The van der Waals surface area contributed by atoms with Crippen LogP contribution in [0.25, 0.3) is 0 Å². The van der Waals surface area contributed by atoms with Gasteiger partial charge < -0.3 is 19.9 Å². The molecule has 3 amide bonds. The quantitative estimate of drug-likeness (QED) is 0.804. The Hall–Kier alpha value is -2.15. The highest BCUT2D eigenvalue weighted by Crippen LogP contribution is 2.07. The molecule has 0 radical (unpaired) electrons. The van der Waals surface area contributed by atoms with Gasteiger partial charge in [-0.3, -0.25) is 9.78 Å². The zero-order valence-electron chi connectivity index (χ0n) is 12.1. The first-order chi connectivity index (χ1) is 10.2. The summed E-state index contributed by atoms with van der Waals surface area (Å²) in [6.45, 7) is 3.07. The summed E-state index contributed by atoms with van der Waals surface area (Å²) in [6, 6.07) is 5.15.